The van der Waals surface area contributed by atoms with E-state index >= 15 is 0 Å². The molecule has 102 valence electrons. The van der Waals surface area contributed by atoms with Crippen LogP contribution in [-0.2, 0) is 11.2 Å². The Hall–Kier alpha value is -1.74. The fourth-order valence-electron chi connectivity index (χ4n) is 1.98. The van der Waals surface area contributed by atoms with E-state index in [1.807, 2.05) is 31.2 Å². The fraction of sp³-hybridized carbons (Fsp3) is 0.267. The van der Waals surface area contributed by atoms with Gasteiger partial charge in [0, 0.05) is 24.0 Å². The van der Waals surface area contributed by atoms with Gasteiger partial charge in [-0.2, -0.15) is 0 Å². The van der Waals surface area contributed by atoms with Gasteiger partial charge >= 0.3 is 0 Å². The maximum absolute atomic E-state index is 11.6. The predicted octanol–water partition coefficient (Wildman–Crippen LogP) is 3.54. The van der Waals surface area contributed by atoms with Crippen LogP contribution < -0.4 is 10.6 Å². The molecule has 1 aliphatic rings. The Kier molecular flexibility index (Phi) is 6.16. The van der Waals surface area contributed by atoms with Crippen LogP contribution in [0.25, 0.3) is 0 Å². The number of halogens is 1. The van der Waals surface area contributed by atoms with Gasteiger partial charge in [0.25, 0.3) is 0 Å². The first-order valence-corrected chi connectivity index (χ1v) is 6.27. The molecule has 2 N–H and O–H groups in total. The van der Waals surface area contributed by atoms with Crippen molar-refractivity contribution in [1.82, 2.24) is 0 Å². The van der Waals surface area contributed by atoms with Crippen molar-refractivity contribution in [3.63, 3.8) is 0 Å². The lowest BCUT2D eigenvalue weighted by Gasteiger charge is -2.18. The van der Waals surface area contributed by atoms with E-state index in [0.29, 0.717) is 0 Å². The smallest absolute Gasteiger partial charge is 0.248 e. The lowest BCUT2D eigenvalue weighted by Crippen LogP contribution is -2.13. The van der Waals surface area contributed by atoms with Crippen LogP contribution >= 0.6 is 12.4 Å². The minimum absolute atomic E-state index is 0. The third-order valence-corrected chi connectivity index (χ3v) is 2.87. The monoisotopic (exact) mass is 278 g/mol. The third kappa shape index (κ3) is 4.45. The summed E-state index contributed by atoms with van der Waals surface area (Å²) in [4.78, 5) is 11.6. The van der Waals surface area contributed by atoms with E-state index in [2.05, 4.69) is 16.7 Å². The van der Waals surface area contributed by atoms with Gasteiger partial charge in [0.15, 0.2) is 0 Å². The predicted molar refractivity (Wildman–Crippen MR) is 83.1 cm³/mol. The average molecular weight is 279 g/mol. The second kappa shape index (κ2) is 7.64. The van der Waals surface area contributed by atoms with Gasteiger partial charge in [-0.25, -0.2) is 0 Å². The van der Waals surface area contributed by atoms with Crippen LogP contribution in [0.2, 0.25) is 0 Å². The Labute approximate surface area is 120 Å². The first-order valence-electron chi connectivity index (χ1n) is 6.27. The third-order valence-electron chi connectivity index (χ3n) is 2.87. The van der Waals surface area contributed by atoms with Crippen LogP contribution in [0.5, 0.6) is 0 Å². The Bertz CT molecular complexity index is 495. The normalized spacial score (nSPS) is 13.7. The molecule has 2 rings (SSSR count). The lowest BCUT2D eigenvalue weighted by molar-refractivity contribution is -0.111. The number of hydrogen-bond donors (Lipinski definition) is 2. The van der Waals surface area contributed by atoms with Crippen molar-refractivity contribution in [2.75, 3.05) is 17.2 Å². The summed E-state index contributed by atoms with van der Waals surface area (Å²) >= 11 is 0. The van der Waals surface area contributed by atoms with Gasteiger partial charge in [0.1, 0.15) is 0 Å². The molecule has 1 aliphatic heterocycles. The van der Waals surface area contributed by atoms with Crippen molar-refractivity contribution >= 4 is 29.7 Å². The van der Waals surface area contributed by atoms with Crippen molar-refractivity contribution in [2.45, 2.75) is 19.8 Å². The molecule has 0 aromatic heterocycles. The number of anilines is 2. The Morgan fingerprint density at radius 3 is 3.00 bits per heavy atom. The zero-order valence-corrected chi connectivity index (χ0v) is 11.8. The van der Waals surface area contributed by atoms with E-state index < -0.39 is 0 Å². The van der Waals surface area contributed by atoms with Crippen LogP contribution in [0.3, 0.4) is 0 Å². The standard InChI is InChI=1S/C15H18N2O.ClH/c1-2-3-4-7-15(18)17-13-9-8-12-6-5-10-16-14(12)11-13;/h2-4,7-9,11,16H,5-6,10H2,1H3,(H,17,18);1H. The maximum atomic E-state index is 11.6. The number of amides is 1. The largest absolute Gasteiger partial charge is 0.385 e. The number of benzene rings is 1. The summed E-state index contributed by atoms with van der Waals surface area (Å²) < 4.78 is 0. The number of rotatable bonds is 3. The molecule has 3 nitrogen and oxygen atoms in total. The minimum atomic E-state index is -0.108. The molecule has 1 aromatic carbocycles. The molecule has 0 bridgehead atoms. The molecule has 0 saturated carbocycles. The van der Waals surface area contributed by atoms with E-state index in [0.717, 1.165) is 24.3 Å². The lowest BCUT2D eigenvalue weighted by atomic mass is 10.0. The molecule has 0 aliphatic carbocycles. The van der Waals surface area contributed by atoms with E-state index in [4.69, 9.17) is 0 Å². The summed E-state index contributed by atoms with van der Waals surface area (Å²) in [5.41, 5.74) is 3.29. The van der Waals surface area contributed by atoms with Crippen LogP contribution in [0.15, 0.2) is 42.5 Å². The number of carbonyl (C=O) groups excluding carboxylic acids is 1. The Morgan fingerprint density at radius 2 is 2.21 bits per heavy atom. The summed E-state index contributed by atoms with van der Waals surface area (Å²) in [5, 5.41) is 6.20. The molecular formula is C15H19ClN2O. The molecule has 0 spiro atoms. The van der Waals surface area contributed by atoms with Gasteiger partial charge in [0.05, 0.1) is 0 Å². The highest BCUT2D eigenvalue weighted by molar-refractivity contribution is 5.99. The zero-order chi connectivity index (χ0) is 12.8. The molecule has 1 amide bonds. The maximum Gasteiger partial charge on any atom is 0.248 e. The first kappa shape index (κ1) is 15.3. The molecule has 0 atom stereocenters. The summed E-state index contributed by atoms with van der Waals surface area (Å²) in [6, 6.07) is 6.02. The van der Waals surface area contributed by atoms with Gasteiger partial charge in [-0.1, -0.05) is 24.3 Å². The van der Waals surface area contributed by atoms with Gasteiger partial charge in [-0.05, 0) is 37.5 Å². The number of carbonyl (C=O) groups is 1. The Morgan fingerprint density at radius 1 is 1.37 bits per heavy atom. The fourth-order valence-corrected chi connectivity index (χ4v) is 1.98. The number of aryl methyl sites for hydroxylation is 1. The van der Waals surface area contributed by atoms with Gasteiger partial charge in [-0.3, -0.25) is 4.79 Å². The van der Waals surface area contributed by atoms with Crippen molar-refractivity contribution in [1.29, 1.82) is 0 Å². The minimum Gasteiger partial charge on any atom is -0.385 e. The number of fused-ring (bicyclic) bond motifs is 1. The molecule has 19 heavy (non-hydrogen) atoms. The zero-order valence-electron chi connectivity index (χ0n) is 11.0. The summed E-state index contributed by atoms with van der Waals surface area (Å²) in [6.45, 7) is 2.92. The highest BCUT2D eigenvalue weighted by Crippen LogP contribution is 2.25. The van der Waals surface area contributed by atoms with Crippen molar-refractivity contribution in [3.8, 4) is 0 Å². The van der Waals surface area contributed by atoms with E-state index in [1.165, 1.54) is 18.1 Å². The molecule has 1 heterocycles. The SMILES string of the molecule is CC=CC=CC(=O)Nc1ccc2c(c1)NCCC2.Cl. The van der Waals surface area contributed by atoms with Crippen LogP contribution in [0.4, 0.5) is 11.4 Å². The Balaban J connectivity index is 0.00000180. The van der Waals surface area contributed by atoms with Gasteiger partial charge in [-0.15, -0.1) is 12.4 Å². The van der Waals surface area contributed by atoms with Crippen molar-refractivity contribution in [2.24, 2.45) is 0 Å². The molecule has 0 fully saturated rings. The van der Waals surface area contributed by atoms with E-state index in [-0.39, 0.29) is 18.3 Å². The number of nitrogens with one attached hydrogen (secondary N) is 2. The number of hydrogen-bond acceptors (Lipinski definition) is 2. The molecular weight excluding hydrogens is 260 g/mol. The van der Waals surface area contributed by atoms with Gasteiger partial charge < -0.3 is 10.6 Å². The highest BCUT2D eigenvalue weighted by atomic mass is 35.5. The van der Waals surface area contributed by atoms with Crippen LogP contribution in [0, 0.1) is 0 Å². The summed E-state index contributed by atoms with van der Waals surface area (Å²) in [6.07, 6.45) is 9.24. The van der Waals surface area contributed by atoms with Crippen molar-refractivity contribution < 1.29 is 4.79 Å². The van der Waals surface area contributed by atoms with Gasteiger partial charge in [0.2, 0.25) is 5.91 Å². The first-order chi connectivity index (χ1) is 8.79. The summed E-state index contributed by atoms with van der Waals surface area (Å²) in [7, 11) is 0. The van der Waals surface area contributed by atoms with Crippen LogP contribution in [-0.4, -0.2) is 12.5 Å². The molecule has 0 radical (unpaired) electrons. The molecule has 4 heteroatoms. The molecule has 0 saturated heterocycles. The average Bonchev–Trinajstić information content (AvgIpc) is 2.39. The topological polar surface area (TPSA) is 41.1 Å². The highest BCUT2D eigenvalue weighted by Gasteiger charge is 2.09. The van der Waals surface area contributed by atoms with E-state index in [9.17, 15) is 4.79 Å². The van der Waals surface area contributed by atoms with E-state index in [1.54, 1.807) is 6.08 Å². The second-order valence-corrected chi connectivity index (χ2v) is 4.28. The quantitative estimate of drug-likeness (QED) is 0.656. The molecule has 1 aromatic rings. The number of allylic oxidation sites excluding steroid dienone is 3. The second-order valence-electron chi connectivity index (χ2n) is 4.28. The van der Waals surface area contributed by atoms with Crippen LogP contribution in [0.1, 0.15) is 18.9 Å². The van der Waals surface area contributed by atoms with Crippen molar-refractivity contribution in [3.05, 3.63) is 48.1 Å². The molecule has 0 unspecified atom stereocenters. The summed E-state index contributed by atoms with van der Waals surface area (Å²) in [5.74, 6) is -0.108.